The summed E-state index contributed by atoms with van der Waals surface area (Å²) in [4.78, 5) is 23.4. The normalized spacial score (nSPS) is 10.8. The Bertz CT molecular complexity index is 718. The van der Waals surface area contributed by atoms with Gasteiger partial charge in [-0.2, -0.15) is 5.10 Å². The van der Waals surface area contributed by atoms with E-state index in [4.69, 9.17) is 5.11 Å². The van der Waals surface area contributed by atoms with Crippen molar-refractivity contribution in [1.82, 2.24) is 9.78 Å². The molecule has 2 rings (SSSR count). The maximum Gasteiger partial charge on any atom is 0.335 e. The van der Waals surface area contributed by atoms with E-state index < -0.39 is 5.97 Å². The highest BCUT2D eigenvalue weighted by Crippen LogP contribution is 2.20. The quantitative estimate of drug-likeness (QED) is 0.854. The number of carboxylic acid groups (broad SMARTS) is 1. The van der Waals surface area contributed by atoms with Gasteiger partial charge in [0.05, 0.1) is 23.4 Å². The zero-order valence-electron chi connectivity index (χ0n) is 13.5. The van der Waals surface area contributed by atoms with Gasteiger partial charge in [-0.1, -0.05) is 19.9 Å². The molecule has 0 aliphatic rings. The average Bonchev–Trinajstić information content (AvgIpc) is 2.91. The van der Waals surface area contributed by atoms with Gasteiger partial charge in [0.2, 0.25) is 0 Å². The molecule has 2 N–H and O–H groups in total. The number of carboxylic acids is 1. The number of carbonyl (C=O) groups is 2. The Morgan fingerprint density at radius 3 is 2.61 bits per heavy atom. The number of nitrogens with zero attached hydrogens (tertiary/aromatic N) is 2. The van der Waals surface area contributed by atoms with E-state index in [9.17, 15) is 9.59 Å². The standard InChI is InChI=1S/C17H21N3O3/c1-4-14(5-2)20-11(3)15(10-18-20)16(21)19-13-8-6-7-12(9-13)17(22)23/h6-10,14H,4-5H2,1-3H3,(H,19,21)(H,22,23). The van der Waals surface area contributed by atoms with E-state index in [1.165, 1.54) is 12.1 Å². The SMILES string of the molecule is CCC(CC)n1ncc(C(=O)Nc2cccc(C(=O)O)c2)c1C. The molecule has 0 aliphatic carbocycles. The third-order valence-electron chi connectivity index (χ3n) is 3.95. The van der Waals surface area contributed by atoms with Crippen molar-refractivity contribution >= 4 is 17.6 Å². The van der Waals surface area contributed by atoms with Gasteiger partial charge < -0.3 is 10.4 Å². The Balaban J connectivity index is 2.22. The van der Waals surface area contributed by atoms with Crippen molar-refractivity contribution in [3.8, 4) is 0 Å². The van der Waals surface area contributed by atoms with Crippen LogP contribution in [0.1, 0.15) is 59.1 Å². The van der Waals surface area contributed by atoms with Crippen molar-refractivity contribution in [2.24, 2.45) is 0 Å². The molecular formula is C17H21N3O3. The van der Waals surface area contributed by atoms with Crippen molar-refractivity contribution in [2.75, 3.05) is 5.32 Å². The van der Waals surface area contributed by atoms with E-state index in [1.54, 1.807) is 18.3 Å². The number of aromatic nitrogens is 2. The van der Waals surface area contributed by atoms with Crippen LogP contribution in [0.3, 0.4) is 0 Å². The number of benzene rings is 1. The number of hydrogen-bond donors (Lipinski definition) is 2. The first kappa shape index (κ1) is 16.7. The third-order valence-corrected chi connectivity index (χ3v) is 3.95. The number of amides is 1. The van der Waals surface area contributed by atoms with Crippen LogP contribution in [0, 0.1) is 6.92 Å². The van der Waals surface area contributed by atoms with E-state index in [0.717, 1.165) is 18.5 Å². The third kappa shape index (κ3) is 3.59. The number of aromatic carboxylic acids is 1. The minimum absolute atomic E-state index is 0.132. The number of carbonyl (C=O) groups excluding carboxylic acids is 1. The molecule has 0 fully saturated rings. The van der Waals surface area contributed by atoms with Crippen molar-refractivity contribution < 1.29 is 14.7 Å². The van der Waals surface area contributed by atoms with E-state index >= 15 is 0 Å². The maximum absolute atomic E-state index is 12.4. The smallest absolute Gasteiger partial charge is 0.335 e. The predicted molar refractivity (Wildman–Crippen MR) is 87.9 cm³/mol. The summed E-state index contributed by atoms with van der Waals surface area (Å²) in [5.41, 5.74) is 1.89. The molecule has 1 aromatic heterocycles. The second-order valence-corrected chi connectivity index (χ2v) is 5.40. The summed E-state index contributed by atoms with van der Waals surface area (Å²) in [6.45, 7) is 6.05. The molecule has 0 saturated carbocycles. The average molecular weight is 315 g/mol. The fraction of sp³-hybridized carbons (Fsp3) is 0.353. The minimum Gasteiger partial charge on any atom is -0.478 e. The Kier molecular flexibility index (Phi) is 5.16. The van der Waals surface area contributed by atoms with Gasteiger partial charge in [-0.25, -0.2) is 4.79 Å². The first-order valence-electron chi connectivity index (χ1n) is 7.66. The molecule has 1 heterocycles. The van der Waals surface area contributed by atoms with Gasteiger partial charge >= 0.3 is 5.97 Å². The van der Waals surface area contributed by atoms with Crippen LogP contribution in [0.25, 0.3) is 0 Å². The van der Waals surface area contributed by atoms with Crippen LogP contribution in [-0.4, -0.2) is 26.8 Å². The molecule has 0 spiro atoms. The van der Waals surface area contributed by atoms with E-state index in [1.807, 2.05) is 11.6 Å². The summed E-state index contributed by atoms with van der Waals surface area (Å²) >= 11 is 0. The molecule has 0 aliphatic heterocycles. The molecule has 0 unspecified atom stereocenters. The maximum atomic E-state index is 12.4. The van der Waals surface area contributed by atoms with Crippen molar-refractivity contribution in [2.45, 2.75) is 39.7 Å². The Labute approximate surface area is 135 Å². The van der Waals surface area contributed by atoms with Crippen molar-refractivity contribution in [1.29, 1.82) is 0 Å². The van der Waals surface area contributed by atoms with Crippen LogP contribution in [0.5, 0.6) is 0 Å². The van der Waals surface area contributed by atoms with Crippen molar-refractivity contribution in [3.05, 3.63) is 47.3 Å². The number of hydrogen-bond acceptors (Lipinski definition) is 3. The highest BCUT2D eigenvalue weighted by atomic mass is 16.4. The highest BCUT2D eigenvalue weighted by Gasteiger charge is 2.18. The Morgan fingerprint density at radius 1 is 1.30 bits per heavy atom. The molecule has 0 bridgehead atoms. The van der Waals surface area contributed by atoms with Crippen LogP contribution in [0.4, 0.5) is 5.69 Å². The summed E-state index contributed by atoms with van der Waals surface area (Å²) in [5, 5.41) is 16.1. The molecule has 0 radical (unpaired) electrons. The summed E-state index contributed by atoms with van der Waals surface area (Å²) in [7, 11) is 0. The monoisotopic (exact) mass is 315 g/mol. The van der Waals surface area contributed by atoms with Gasteiger partial charge in [0.15, 0.2) is 0 Å². The van der Waals surface area contributed by atoms with Gasteiger partial charge in [-0.05, 0) is 38.0 Å². The largest absolute Gasteiger partial charge is 0.478 e. The lowest BCUT2D eigenvalue weighted by atomic mass is 10.1. The topological polar surface area (TPSA) is 84.2 Å². The molecule has 1 amide bonds. The van der Waals surface area contributed by atoms with Crippen LogP contribution in [-0.2, 0) is 0 Å². The van der Waals surface area contributed by atoms with Gasteiger partial charge in [0.25, 0.3) is 5.91 Å². The molecule has 23 heavy (non-hydrogen) atoms. The van der Waals surface area contributed by atoms with Gasteiger partial charge in [0.1, 0.15) is 0 Å². The lowest BCUT2D eigenvalue weighted by Crippen LogP contribution is -2.15. The van der Waals surface area contributed by atoms with E-state index in [0.29, 0.717) is 11.3 Å². The molecule has 2 aromatic rings. The first-order chi connectivity index (χ1) is 11.0. The molecule has 0 saturated heterocycles. The summed E-state index contributed by atoms with van der Waals surface area (Å²) in [6.07, 6.45) is 3.45. The van der Waals surface area contributed by atoms with Gasteiger partial charge in [0, 0.05) is 11.4 Å². The van der Waals surface area contributed by atoms with E-state index in [-0.39, 0.29) is 17.5 Å². The zero-order chi connectivity index (χ0) is 17.0. The number of rotatable bonds is 6. The zero-order valence-corrected chi connectivity index (χ0v) is 13.5. The van der Waals surface area contributed by atoms with Crippen LogP contribution >= 0.6 is 0 Å². The minimum atomic E-state index is -1.03. The van der Waals surface area contributed by atoms with Crippen molar-refractivity contribution in [3.63, 3.8) is 0 Å². The Hall–Kier alpha value is -2.63. The molecule has 6 nitrogen and oxygen atoms in total. The number of anilines is 1. The second kappa shape index (κ2) is 7.09. The fourth-order valence-corrected chi connectivity index (χ4v) is 2.58. The van der Waals surface area contributed by atoms with Crippen LogP contribution in [0.15, 0.2) is 30.5 Å². The predicted octanol–water partition coefficient (Wildman–Crippen LogP) is 3.50. The fourth-order valence-electron chi connectivity index (χ4n) is 2.58. The molecule has 0 atom stereocenters. The van der Waals surface area contributed by atoms with Crippen LogP contribution < -0.4 is 5.32 Å². The Morgan fingerprint density at radius 2 is 2.00 bits per heavy atom. The first-order valence-corrected chi connectivity index (χ1v) is 7.66. The van der Waals surface area contributed by atoms with Crippen LogP contribution in [0.2, 0.25) is 0 Å². The molecule has 122 valence electrons. The van der Waals surface area contributed by atoms with E-state index in [2.05, 4.69) is 24.3 Å². The number of nitrogens with one attached hydrogen (secondary N) is 1. The molecule has 1 aromatic carbocycles. The van der Waals surface area contributed by atoms with Gasteiger partial charge in [-0.3, -0.25) is 9.48 Å². The highest BCUT2D eigenvalue weighted by molar-refractivity contribution is 6.05. The lowest BCUT2D eigenvalue weighted by Gasteiger charge is -2.15. The summed E-state index contributed by atoms with van der Waals surface area (Å²) in [5.74, 6) is -1.32. The summed E-state index contributed by atoms with van der Waals surface area (Å²) < 4.78 is 1.88. The second-order valence-electron chi connectivity index (χ2n) is 5.40. The summed E-state index contributed by atoms with van der Waals surface area (Å²) in [6, 6.07) is 6.44. The molecular weight excluding hydrogens is 294 g/mol. The lowest BCUT2D eigenvalue weighted by molar-refractivity contribution is 0.0696. The molecule has 6 heteroatoms. The van der Waals surface area contributed by atoms with Gasteiger partial charge in [-0.15, -0.1) is 0 Å².